The zero-order valence-corrected chi connectivity index (χ0v) is 12.8. The van der Waals surface area contributed by atoms with Crippen LogP contribution in [0.25, 0.3) is 0 Å². The minimum atomic E-state index is -0.112. The summed E-state index contributed by atoms with van der Waals surface area (Å²) in [6.07, 6.45) is 4.57. The SMILES string of the molecule is C[C@H](CNC(=O)NCCc1cnn(C)c1)N1CCOCC1. The zero-order chi connectivity index (χ0) is 15.1. The van der Waals surface area contributed by atoms with Gasteiger partial charge in [0.15, 0.2) is 0 Å². The highest BCUT2D eigenvalue weighted by Crippen LogP contribution is 2.02. The summed E-state index contributed by atoms with van der Waals surface area (Å²) in [4.78, 5) is 14.1. The molecule has 1 saturated heterocycles. The van der Waals surface area contributed by atoms with E-state index < -0.39 is 0 Å². The van der Waals surface area contributed by atoms with Gasteiger partial charge in [-0.3, -0.25) is 9.58 Å². The lowest BCUT2D eigenvalue weighted by Gasteiger charge is -2.32. The monoisotopic (exact) mass is 295 g/mol. The molecule has 1 aliphatic rings. The molecule has 0 radical (unpaired) electrons. The van der Waals surface area contributed by atoms with E-state index in [1.54, 1.807) is 4.68 Å². The summed E-state index contributed by atoms with van der Waals surface area (Å²) in [7, 11) is 1.89. The van der Waals surface area contributed by atoms with E-state index >= 15 is 0 Å². The van der Waals surface area contributed by atoms with Crippen LogP contribution in [-0.2, 0) is 18.2 Å². The van der Waals surface area contributed by atoms with Gasteiger partial charge in [-0.05, 0) is 18.9 Å². The molecule has 0 saturated carbocycles. The van der Waals surface area contributed by atoms with E-state index in [-0.39, 0.29) is 6.03 Å². The summed E-state index contributed by atoms with van der Waals surface area (Å²) in [5, 5.41) is 9.88. The van der Waals surface area contributed by atoms with E-state index in [1.165, 1.54) is 0 Å². The van der Waals surface area contributed by atoms with Gasteiger partial charge in [0.25, 0.3) is 0 Å². The van der Waals surface area contributed by atoms with Crippen molar-refractivity contribution in [3.8, 4) is 0 Å². The van der Waals surface area contributed by atoms with Gasteiger partial charge >= 0.3 is 6.03 Å². The Morgan fingerprint density at radius 1 is 1.43 bits per heavy atom. The van der Waals surface area contributed by atoms with Crippen molar-refractivity contribution in [2.45, 2.75) is 19.4 Å². The molecule has 1 aromatic heterocycles. The van der Waals surface area contributed by atoms with Gasteiger partial charge in [-0.25, -0.2) is 4.79 Å². The fourth-order valence-electron chi connectivity index (χ4n) is 2.37. The lowest BCUT2D eigenvalue weighted by Crippen LogP contribution is -2.49. The van der Waals surface area contributed by atoms with Crippen molar-refractivity contribution < 1.29 is 9.53 Å². The Labute approximate surface area is 125 Å². The van der Waals surface area contributed by atoms with Crippen molar-refractivity contribution in [1.29, 1.82) is 0 Å². The number of hydrogen-bond donors (Lipinski definition) is 2. The molecule has 1 fully saturated rings. The van der Waals surface area contributed by atoms with E-state index in [0.717, 1.165) is 38.3 Å². The van der Waals surface area contributed by atoms with Crippen molar-refractivity contribution in [1.82, 2.24) is 25.3 Å². The molecular weight excluding hydrogens is 270 g/mol. The van der Waals surface area contributed by atoms with E-state index in [9.17, 15) is 4.79 Å². The summed E-state index contributed by atoms with van der Waals surface area (Å²) >= 11 is 0. The van der Waals surface area contributed by atoms with Crippen LogP contribution >= 0.6 is 0 Å². The summed E-state index contributed by atoms with van der Waals surface area (Å²) in [6, 6.07) is 0.219. The average molecular weight is 295 g/mol. The minimum Gasteiger partial charge on any atom is -0.379 e. The van der Waals surface area contributed by atoms with Crippen LogP contribution in [-0.4, -0.2) is 66.1 Å². The number of ether oxygens (including phenoxy) is 1. The quantitative estimate of drug-likeness (QED) is 0.774. The molecule has 0 unspecified atom stereocenters. The summed E-state index contributed by atoms with van der Waals surface area (Å²) in [5.41, 5.74) is 1.12. The van der Waals surface area contributed by atoms with Gasteiger partial charge in [-0.1, -0.05) is 0 Å². The fraction of sp³-hybridized carbons (Fsp3) is 0.714. The Morgan fingerprint density at radius 2 is 2.19 bits per heavy atom. The van der Waals surface area contributed by atoms with Crippen molar-refractivity contribution in [3.63, 3.8) is 0 Å². The Balaban J connectivity index is 1.58. The van der Waals surface area contributed by atoms with Crippen LogP contribution in [0.2, 0.25) is 0 Å². The number of carbonyl (C=O) groups is 1. The highest BCUT2D eigenvalue weighted by atomic mass is 16.5. The summed E-state index contributed by atoms with van der Waals surface area (Å²) in [5.74, 6) is 0. The van der Waals surface area contributed by atoms with Crippen molar-refractivity contribution in [2.75, 3.05) is 39.4 Å². The normalized spacial score (nSPS) is 17.4. The van der Waals surface area contributed by atoms with Crippen molar-refractivity contribution in [2.24, 2.45) is 7.05 Å². The molecular formula is C14H25N5O2. The first-order valence-electron chi connectivity index (χ1n) is 7.46. The summed E-state index contributed by atoms with van der Waals surface area (Å²) < 4.78 is 7.09. The Hall–Kier alpha value is -1.60. The van der Waals surface area contributed by atoms with Gasteiger partial charge < -0.3 is 15.4 Å². The van der Waals surface area contributed by atoms with E-state index in [2.05, 4.69) is 27.6 Å². The molecule has 0 aromatic carbocycles. The first kappa shape index (κ1) is 15.8. The number of urea groups is 1. The van der Waals surface area contributed by atoms with E-state index in [4.69, 9.17) is 4.74 Å². The average Bonchev–Trinajstić information content (AvgIpc) is 2.91. The third-order valence-electron chi connectivity index (χ3n) is 3.68. The number of hydrogen-bond acceptors (Lipinski definition) is 4. The molecule has 21 heavy (non-hydrogen) atoms. The van der Waals surface area contributed by atoms with Gasteiger partial charge in [0.05, 0.1) is 19.4 Å². The van der Waals surface area contributed by atoms with Gasteiger partial charge in [-0.15, -0.1) is 0 Å². The van der Waals surface area contributed by atoms with Gasteiger partial charge in [0, 0.05) is 45.5 Å². The maximum atomic E-state index is 11.7. The molecule has 1 aromatic rings. The van der Waals surface area contributed by atoms with Crippen LogP contribution in [0.15, 0.2) is 12.4 Å². The molecule has 7 nitrogen and oxygen atoms in total. The molecule has 1 atom stereocenters. The van der Waals surface area contributed by atoms with Gasteiger partial charge in [-0.2, -0.15) is 5.10 Å². The molecule has 0 bridgehead atoms. The molecule has 118 valence electrons. The highest BCUT2D eigenvalue weighted by molar-refractivity contribution is 5.73. The number of amides is 2. The third kappa shape index (κ3) is 5.35. The maximum Gasteiger partial charge on any atom is 0.314 e. The second-order valence-corrected chi connectivity index (χ2v) is 5.41. The van der Waals surface area contributed by atoms with Crippen LogP contribution in [0.4, 0.5) is 4.79 Å². The molecule has 7 heteroatoms. The van der Waals surface area contributed by atoms with Crippen LogP contribution in [0, 0.1) is 0 Å². The minimum absolute atomic E-state index is 0.112. The Kier molecular flexibility index (Phi) is 6.01. The van der Waals surface area contributed by atoms with Crippen LogP contribution < -0.4 is 10.6 Å². The van der Waals surface area contributed by atoms with E-state index in [0.29, 0.717) is 19.1 Å². The maximum absolute atomic E-state index is 11.7. The largest absolute Gasteiger partial charge is 0.379 e. The zero-order valence-electron chi connectivity index (χ0n) is 12.8. The van der Waals surface area contributed by atoms with Crippen molar-refractivity contribution in [3.05, 3.63) is 18.0 Å². The molecule has 0 spiro atoms. The number of aromatic nitrogens is 2. The van der Waals surface area contributed by atoms with Crippen molar-refractivity contribution >= 4 is 6.03 Å². The molecule has 2 N–H and O–H groups in total. The van der Waals surface area contributed by atoms with Crippen LogP contribution in [0.1, 0.15) is 12.5 Å². The van der Waals surface area contributed by atoms with Crippen LogP contribution in [0.3, 0.4) is 0 Å². The molecule has 0 aliphatic carbocycles. The predicted molar refractivity (Wildman–Crippen MR) is 80.2 cm³/mol. The number of morpholine rings is 1. The highest BCUT2D eigenvalue weighted by Gasteiger charge is 2.17. The first-order chi connectivity index (χ1) is 10.1. The third-order valence-corrected chi connectivity index (χ3v) is 3.68. The topological polar surface area (TPSA) is 71.4 Å². The number of nitrogens with zero attached hydrogens (tertiary/aromatic N) is 3. The Bertz CT molecular complexity index is 442. The van der Waals surface area contributed by atoms with Crippen LogP contribution in [0.5, 0.6) is 0 Å². The number of carbonyl (C=O) groups excluding carboxylic acids is 1. The number of aryl methyl sites for hydroxylation is 1. The standard InChI is InChI=1S/C14H25N5O2/c1-12(19-5-7-21-8-6-19)9-16-14(20)15-4-3-13-10-17-18(2)11-13/h10-12H,3-9H2,1-2H3,(H2,15,16,20)/t12-/m1/s1. The number of nitrogens with one attached hydrogen (secondary N) is 2. The van der Waals surface area contributed by atoms with Gasteiger partial charge in [0.1, 0.15) is 0 Å². The Morgan fingerprint density at radius 3 is 2.86 bits per heavy atom. The van der Waals surface area contributed by atoms with Gasteiger partial charge in [0.2, 0.25) is 0 Å². The lowest BCUT2D eigenvalue weighted by atomic mass is 10.2. The molecule has 2 rings (SSSR count). The molecule has 2 amide bonds. The summed E-state index contributed by atoms with van der Waals surface area (Å²) in [6.45, 7) is 6.82. The first-order valence-corrected chi connectivity index (χ1v) is 7.46. The fourth-order valence-corrected chi connectivity index (χ4v) is 2.37. The van der Waals surface area contributed by atoms with E-state index in [1.807, 2.05) is 19.4 Å². The second kappa shape index (κ2) is 7.99. The molecule has 1 aliphatic heterocycles. The molecule has 2 heterocycles. The number of rotatable bonds is 6. The predicted octanol–water partition coefficient (Wildman–Crippen LogP) is -0.0175. The second-order valence-electron chi connectivity index (χ2n) is 5.41. The lowest BCUT2D eigenvalue weighted by molar-refractivity contribution is 0.0209. The smallest absolute Gasteiger partial charge is 0.314 e.